The van der Waals surface area contributed by atoms with Gasteiger partial charge in [0, 0.05) is 102 Å². The first-order valence-electron chi connectivity index (χ1n) is 25.1. The number of thiophene rings is 2. The fourth-order valence-electron chi connectivity index (χ4n) is 11.7. The van der Waals surface area contributed by atoms with Crippen molar-refractivity contribution in [1.82, 2.24) is 9.13 Å². The first-order valence-corrected chi connectivity index (χ1v) is 26.7. The van der Waals surface area contributed by atoms with Gasteiger partial charge < -0.3 is 14.0 Å². The Bertz CT molecular complexity index is 4570. The normalized spacial score (nSPS) is 12.0. The third-order valence-electron chi connectivity index (χ3n) is 15.1. The minimum atomic E-state index is 0.906. The van der Waals surface area contributed by atoms with Gasteiger partial charge in [0.2, 0.25) is 0 Å². The van der Waals surface area contributed by atoms with Gasteiger partial charge >= 0.3 is 0 Å². The average molecular weight is 968 g/mol. The van der Waals surface area contributed by atoms with Crippen LogP contribution >= 0.6 is 22.7 Å². The molecule has 4 aromatic heterocycles. The molecule has 11 aromatic carbocycles. The van der Waals surface area contributed by atoms with Crippen molar-refractivity contribution in [2.75, 3.05) is 4.90 Å². The van der Waals surface area contributed by atoms with E-state index in [-0.39, 0.29) is 0 Å². The van der Waals surface area contributed by atoms with Gasteiger partial charge in [-0.15, -0.1) is 22.7 Å². The highest BCUT2D eigenvalue weighted by Gasteiger charge is 2.22. The molecule has 0 unspecified atom stereocenters. The van der Waals surface area contributed by atoms with Gasteiger partial charge in [0.25, 0.3) is 0 Å². The molecule has 0 amide bonds. The van der Waals surface area contributed by atoms with Crippen molar-refractivity contribution in [2.24, 2.45) is 0 Å². The molecule has 0 bridgehead atoms. The molecule has 0 aliphatic carbocycles. The Morgan fingerprint density at radius 2 is 0.836 bits per heavy atom. The summed E-state index contributed by atoms with van der Waals surface area (Å²) in [4.78, 5) is 2.50. The first kappa shape index (κ1) is 42.0. The number of rotatable bonds is 8. The molecule has 4 heterocycles. The fourth-order valence-corrected chi connectivity index (χ4v) is 13.9. The highest BCUT2D eigenvalue weighted by Crippen LogP contribution is 2.48. The Kier molecular flexibility index (Phi) is 9.59. The minimum Gasteiger partial charge on any atom is -0.341 e. The van der Waals surface area contributed by atoms with Crippen LogP contribution in [-0.2, 0) is 6.54 Å². The fraction of sp³-hybridized carbons (Fsp3) is 0.0294. The van der Waals surface area contributed by atoms with Gasteiger partial charge in [0.05, 0.1) is 16.7 Å². The second kappa shape index (κ2) is 16.7. The number of hydrogen-bond acceptors (Lipinski definition) is 3. The lowest BCUT2D eigenvalue weighted by Crippen LogP contribution is -2.11. The molecular weight excluding hydrogens is 923 g/mol. The van der Waals surface area contributed by atoms with Crippen LogP contribution in [0.5, 0.6) is 0 Å². The highest BCUT2D eigenvalue weighted by atomic mass is 32.1. The summed E-state index contributed by atoms with van der Waals surface area (Å²) in [5.74, 6) is 0. The van der Waals surface area contributed by atoms with E-state index in [1.165, 1.54) is 95.1 Å². The lowest BCUT2D eigenvalue weighted by Gasteiger charge is -2.28. The van der Waals surface area contributed by atoms with Crippen molar-refractivity contribution in [2.45, 2.75) is 13.5 Å². The molecule has 344 valence electrons. The van der Waals surface area contributed by atoms with Gasteiger partial charge in [0.1, 0.15) is 0 Å². The van der Waals surface area contributed by atoms with E-state index in [1.54, 1.807) is 0 Å². The van der Waals surface area contributed by atoms with Crippen LogP contribution < -0.4 is 4.90 Å². The van der Waals surface area contributed by atoms with E-state index in [0.29, 0.717) is 0 Å². The first-order chi connectivity index (χ1) is 36.1. The van der Waals surface area contributed by atoms with E-state index in [4.69, 9.17) is 0 Å². The minimum absolute atomic E-state index is 0.906. The van der Waals surface area contributed by atoms with E-state index in [9.17, 15) is 0 Å². The molecule has 15 rings (SSSR count). The van der Waals surface area contributed by atoms with Crippen molar-refractivity contribution in [3.63, 3.8) is 0 Å². The number of para-hydroxylation sites is 4. The maximum Gasteiger partial charge on any atom is 0.0547 e. The number of aryl methyl sites for hydroxylation is 1. The molecule has 0 saturated heterocycles. The number of aromatic nitrogens is 2. The van der Waals surface area contributed by atoms with Crippen LogP contribution in [0.4, 0.5) is 17.1 Å². The zero-order chi connectivity index (χ0) is 48.1. The van der Waals surface area contributed by atoms with E-state index < -0.39 is 0 Å². The van der Waals surface area contributed by atoms with Gasteiger partial charge in [-0.2, -0.15) is 0 Å². The lowest BCUT2D eigenvalue weighted by atomic mass is 9.91. The van der Waals surface area contributed by atoms with Gasteiger partial charge in [-0.25, -0.2) is 0 Å². The third-order valence-corrected chi connectivity index (χ3v) is 17.4. The molecule has 15 aromatic rings. The summed E-state index contributed by atoms with van der Waals surface area (Å²) < 4.78 is 10.0. The Morgan fingerprint density at radius 1 is 0.329 bits per heavy atom. The summed E-state index contributed by atoms with van der Waals surface area (Å²) >= 11 is 3.72. The zero-order valence-electron chi connectivity index (χ0n) is 40.0. The van der Waals surface area contributed by atoms with Crippen molar-refractivity contribution >= 4 is 124 Å². The molecule has 0 spiro atoms. The zero-order valence-corrected chi connectivity index (χ0v) is 41.6. The van der Waals surface area contributed by atoms with Crippen molar-refractivity contribution in [3.05, 3.63) is 243 Å². The highest BCUT2D eigenvalue weighted by molar-refractivity contribution is 7.26. The smallest absolute Gasteiger partial charge is 0.0547 e. The van der Waals surface area contributed by atoms with Gasteiger partial charge in [-0.05, 0) is 150 Å². The summed E-state index contributed by atoms with van der Waals surface area (Å²) in [5, 5.41) is 10.2. The summed E-state index contributed by atoms with van der Waals surface area (Å²) in [6.45, 7) is 3.15. The van der Waals surface area contributed by atoms with Gasteiger partial charge in [0.15, 0.2) is 0 Å². The molecule has 0 atom stereocenters. The molecule has 0 N–H and O–H groups in total. The van der Waals surface area contributed by atoms with E-state index >= 15 is 0 Å². The predicted molar refractivity (Wildman–Crippen MR) is 316 cm³/mol. The SMILES string of the molecule is CCn1c2ccccc2c2cc(-c3cc(-c4ccc5c6ccccc6n(-c6ccccc6)c5c4)cc(-c4ccccc4N(c4ccc5sc6ccccc6c5c4)c4ccc5sc6ccccc6c5c4)c3)ccc21. The molecule has 0 aliphatic heterocycles. The van der Waals surface area contributed by atoms with Crippen LogP contribution in [-0.4, -0.2) is 9.13 Å². The molecule has 0 aliphatic rings. The number of fused-ring (bicyclic) bond motifs is 12. The van der Waals surface area contributed by atoms with Gasteiger partial charge in [-0.1, -0.05) is 127 Å². The van der Waals surface area contributed by atoms with Crippen LogP contribution in [0.1, 0.15) is 6.92 Å². The molecule has 73 heavy (non-hydrogen) atoms. The molecule has 0 saturated carbocycles. The van der Waals surface area contributed by atoms with Crippen LogP contribution in [0.15, 0.2) is 243 Å². The topological polar surface area (TPSA) is 13.1 Å². The molecule has 5 heteroatoms. The maximum atomic E-state index is 2.50. The Balaban J connectivity index is 0.983. The molecular formula is C68H45N3S2. The van der Waals surface area contributed by atoms with Crippen molar-refractivity contribution in [1.29, 1.82) is 0 Å². The Morgan fingerprint density at radius 3 is 1.52 bits per heavy atom. The van der Waals surface area contributed by atoms with Crippen LogP contribution in [0.2, 0.25) is 0 Å². The molecule has 0 radical (unpaired) electrons. The third kappa shape index (κ3) is 6.70. The Labute approximate surface area is 430 Å². The van der Waals surface area contributed by atoms with E-state index in [2.05, 4.69) is 264 Å². The van der Waals surface area contributed by atoms with Crippen LogP contribution in [0.25, 0.3) is 123 Å². The standard InChI is InChI=1S/C68H45N3S2/c1-2-69-60-23-11-7-20-53(60)57-39-43(29-33-61(57)69)45-36-46(44-28-32-54-52-19-8-13-25-63(52)71(64(54)40-44)48-16-4-3-5-17-48)38-47(37-45)51-18-6-12-24-62(51)70(49-30-34-67-58(41-49)55-21-9-14-26-65(55)72-67)50-31-35-68-59(42-50)56-22-10-15-27-66(56)73-68/h3-42H,2H2,1H3. The van der Waals surface area contributed by atoms with E-state index in [0.717, 1.165) is 51.5 Å². The number of hydrogen-bond donors (Lipinski definition) is 0. The van der Waals surface area contributed by atoms with Crippen LogP contribution in [0, 0.1) is 0 Å². The second-order valence-corrected chi connectivity index (χ2v) is 21.3. The number of nitrogens with zero attached hydrogens (tertiary/aromatic N) is 3. The number of anilines is 3. The monoisotopic (exact) mass is 967 g/mol. The number of benzene rings is 11. The lowest BCUT2D eigenvalue weighted by molar-refractivity contribution is 0.827. The van der Waals surface area contributed by atoms with E-state index in [1.807, 2.05) is 22.7 Å². The van der Waals surface area contributed by atoms with Crippen molar-refractivity contribution in [3.8, 4) is 39.1 Å². The second-order valence-electron chi connectivity index (χ2n) is 19.1. The molecule has 3 nitrogen and oxygen atoms in total. The van der Waals surface area contributed by atoms with Crippen molar-refractivity contribution < 1.29 is 0 Å². The van der Waals surface area contributed by atoms with Gasteiger partial charge in [-0.3, -0.25) is 0 Å². The largest absolute Gasteiger partial charge is 0.341 e. The average Bonchev–Trinajstić information content (AvgIpc) is 4.20. The predicted octanol–water partition coefficient (Wildman–Crippen LogP) is 20.1. The molecule has 0 fully saturated rings. The van der Waals surface area contributed by atoms with Crippen LogP contribution in [0.3, 0.4) is 0 Å². The Hall–Kier alpha value is -8.74. The summed E-state index contributed by atoms with van der Waals surface area (Å²) in [6.07, 6.45) is 0. The quantitative estimate of drug-likeness (QED) is 0.148. The maximum absolute atomic E-state index is 2.50. The summed E-state index contributed by atoms with van der Waals surface area (Å²) in [7, 11) is 0. The summed E-state index contributed by atoms with van der Waals surface area (Å²) in [6, 6.07) is 90.5. The summed E-state index contributed by atoms with van der Waals surface area (Å²) in [5.41, 5.74) is 16.4.